The number of ether oxygens (including phenoxy) is 1. The van der Waals surface area contributed by atoms with Crippen LogP contribution in [0.4, 0.5) is 19.1 Å². The van der Waals surface area contributed by atoms with E-state index in [0.29, 0.717) is 0 Å². The number of rotatable bonds is 3. The van der Waals surface area contributed by atoms with Crippen molar-refractivity contribution in [1.29, 1.82) is 0 Å². The van der Waals surface area contributed by atoms with Crippen LogP contribution in [-0.4, -0.2) is 21.2 Å². The van der Waals surface area contributed by atoms with Gasteiger partial charge in [-0.25, -0.2) is 0 Å². The highest BCUT2D eigenvalue weighted by atomic mass is 32.1. The Balaban J connectivity index is 2.19. The summed E-state index contributed by atoms with van der Waals surface area (Å²) in [4.78, 5) is 26.2. The Labute approximate surface area is 126 Å². The molecule has 1 aromatic carbocycles. The van der Waals surface area contributed by atoms with Gasteiger partial charge in [0.1, 0.15) is 5.75 Å². The van der Waals surface area contributed by atoms with Crippen LogP contribution in [-0.2, 0) is 11.0 Å². The molecule has 1 heterocycles. The van der Waals surface area contributed by atoms with Crippen molar-refractivity contribution in [3.63, 3.8) is 0 Å². The molecule has 1 N–H and O–H groups in total. The van der Waals surface area contributed by atoms with Crippen LogP contribution >= 0.6 is 11.5 Å². The number of carbonyl (C=O) groups is 2. The van der Waals surface area contributed by atoms with Gasteiger partial charge in [-0.2, -0.15) is 22.5 Å². The van der Waals surface area contributed by atoms with E-state index in [2.05, 4.69) is 14.7 Å². The van der Waals surface area contributed by atoms with Gasteiger partial charge in [0, 0.05) is 6.92 Å². The molecule has 6 nitrogen and oxygen atoms in total. The third-order valence-electron chi connectivity index (χ3n) is 2.28. The molecular weight excluding hydrogens is 323 g/mol. The molecule has 0 atom stereocenters. The Kier molecular flexibility index (Phi) is 4.40. The van der Waals surface area contributed by atoms with Gasteiger partial charge in [0.2, 0.25) is 11.0 Å². The molecule has 0 saturated carbocycles. The van der Waals surface area contributed by atoms with Gasteiger partial charge >= 0.3 is 12.1 Å². The summed E-state index contributed by atoms with van der Waals surface area (Å²) in [7, 11) is 0. The molecule has 0 bridgehead atoms. The molecule has 0 radical (unpaired) electrons. The highest BCUT2D eigenvalue weighted by molar-refractivity contribution is 7.05. The minimum absolute atomic E-state index is 0.0150. The number of anilines is 1. The van der Waals surface area contributed by atoms with Crippen LogP contribution in [0.25, 0.3) is 0 Å². The number of hydrogen-bond acceptors (Lipinski definition) is 6. The van der Waals surface area contributed by atoms with Crippen molar-refractivity contribution in [2.75, 3.05) is 5.32 Å². The van der Waals surface area contributed by atoms with Gasteiger partial charge in [0.25, 0.3) is 5.91 Å². The first-order chi connectivity index (χ1) is 10.3. The van der Waals surface area contributed by atoms with Crippen LogP contribution in [0.1, 0.15) is 22.3 Å². The van der Waals surface area contributed by atoms with Gasteiger partial charge in [0.15, 0.2) is 0 Å². The molecule has 1 aromatic heterocycles. The first-order valence-corrected chi connectivity index (χ1v) is 6.54. The maximum Gasteiger partial charge on any atom is 0.444 e. The lowest BCUT2D eigenvalue weighted by Gasteiger charge is -2.07. The molecule has 0 unspecified atom stereocenters. The van der Waals surface area contributed by atoms with E-state index in [1.54, 1.807) is 0 Å². The molecule has 1 amide bonds. The van der Waals surface area contributed by atoms with Crippen molar-refractivity contribution in [3.8, 4) is 5.75 Å². The average Bonchev–Trinajstić information content (AvgIpc) is 2.87. The average molecular weight is 331 g/mol. The molecule has 116 valence electrons. The van der Waals surface area contributed by atoms with Crippen LogP contribution in [0.15, 0.2) is 24.3 Å². The van der Waals surface area contributed by atoms with Crippen molar-refractivity contribution in [2.45, 2.75) is 13.1 Å². The van der Waals surface area contributed by atoms with Gasteiger partial charge < -0.3 is 4.74 Å². The largest absolute Gasteiger partial charge is 0.444 e. The molecule has 0 aliphatic carbocycles. The molecule has 22 heavy (non-hydrogen) atoms. The van der Waals surface area contributed by atoms with E-state index >= 15 is 0 Å². The lowest BCUT2D eigenvalue weighted by Crippen LogP contribution is -2.16. The highest BCUT2D eigenvalue weighted by Gasteiger charge is 2.35. The van der Waals surface area contributed by atoms with Crippen molar-refractivity contribution in [3.05, 3.63) is 34.8 Å². The van der Waals surface area contributed by atoms with Crippen LogP contribution in [0.5, 0.6) is 5.75 Å². The van der Waals surface area contributed by atoms with E-state index in [1.165, 1.54) is 24.3 Å². The van der Waals surface area contributed by atoms with E-state index in [1.807, 2.05) is 0 Å². The quantitative estimate of drug-likeness (QED) is 0.691. The number of alkyl halides is 3. The van der Waals surface area contributed by atoms with Crippen molar-refractivity contribution in [2.24, 2.45) is 0 Å². The Morgan fingerprint density at radius 3 is 2.55 bits per heavy atom. The van der Waals surface area contributed by atoms with Crippen LogP contribution in [0.3, 0.4) is 0 Å². The number of carbonyl (C=O) groups excluding carboxylic acids is 2. The Hall–Kier alpha value is -2.49. The van der Waals surface area contributed by atoms with E-state index < -0.39 is 29.0 Å². The molecule has 0 aliphatic rings. The van der Waals surface area contributed by atoms with Gasteiger partial charge in [-0.1, -0.05) is 12.1 Å². The van der Waals surface area contributed by atoms with Crippen molar-refractivity contribution in [1.82, 2.24) is 9.36 Å². The fraction of sp³-hybridized carbons (Fsp3) is 0.167. The summed E-state index contributed by atoms with van der Waals surface area (Å²) in [5.74, 6) is -1.91. The zero-order valence-electron chi connectivity index (χ0n) is 11.0. The number of halogens is 3. The van der Waals surface area contributed by atoms with Crippen LogP contribution < -0.4 is 10.1 Å². The maximum atomic E-state index is 12.4. The topological polar surface area (TPSA) is 81.2 Å². The number of esters is 1. The monoisotopic (exact) mass is 331 g/mol. The van der Waals surface area contributed by atoms with Gasteiger partial charge in [-0.05, 0) is 23.7 Å². The highest BCUT2D eigenvalue weighted by Crippen LogP contribution is 2.31. The molecule has 0 spiro atoms. The number of hydrogen-bond donors (Lipinski definition) is 1. The van der Waals surface area contributed by atoms with Gasteiger partial charge in [-0.3, -0.25) is 14.9 Å². The maximum absolute atomic E-state index is 12.4. The lowest BCUT2D eigenvalue weighted by atomic mass is 10.2. The third kappa shape index (κ3) is 3.79. The van der Waals surface area contributed by atoms with E-state index in [4.69, 9.17) is 4.74 Å². The van der Waals surface area contributed by atoms with E-state index in [-0.39, 0.29) is 22.8 Å². The predicted octanol–water partition coefficient (Wildman–Crippen LogP) is 2.73. The Morgan fingerprint density at radius 2 is 1.95 bits per heavy atom. The van der Waals surface area contributed by atoms with Gasteiger partial charge in [-0.15, -0.1) is 0 Å². The minimum atomic E-state index is -4.63. The summed E-state index contributed by atoms with van der Waals surface area (Å²) in [5.41, 5.74) is -0.0268. The number of aromatic nitrogens is 2. The summed E-state index contributed by atoms with van der Waals surface area (Å²) in [6, 6.07) is 5.78. The molecule has 10 heteroatoms. The molecule has 0 aliphatic heterocycles. The molecule has 2 aromatic rings. The summed E-state index contributed by atoms with van der Waals surface area (Å²) in [5, 5.41) is 0.952. The van der Waals surface area contributed by atoms with Gasteiger partial charge in [0.05, 0.1) is 5.56 Å². The van der Waals surface area contributed by atoms with E-state index in [9.17, 15) is 22.8 Å². The number of nitrogens with zero attached hydrogens (tertiary/aromatic N) is 2. The smallest absolute Gasteiger partial charge is 0.426 e. The zero-order chi connectivity index (χ0) is 16.3. The first kappa shape index (κ1) is 15.9. The number of nitrogens with one attached hydrogen (secondary N) is 1. The second kappa shape index (κ2) is 6.10. The Bertz CT molecular complexity index is 715. The number of amides is 1. The third-order valence-corrected chi connectivity index (χ3v) is 3.04. The summed E-state index contributed by atoms with van der Waals surface area (Å²) in [6.07, 6.45) is -4.63. The number of benzene rings is 1. The fourth-order valence-electron chi connectivity index (χ4n) is 1.46. The molecule has 2 rings (SSSR count). The van der Waals surface area contributed by atoms with Crippen molar-refractivity contribution >= 4 is 29.4 Å². The minimum Gasteiger partial charge on any atom is -0.426 e. The van der Waals surface area contributed by atoms with Crippen LogP contribution in [0, 0.1) is 0 Å². The lowest BCUT2D eigenvalue weighted by molar-refractivity contribution is -0.137. The summed E-state index contributed by atoms with van der Waals surface area (Å²) >= 11 is 0.122. The molecule has 0 saturated heterocycles. The predicted molar refractivity (Wildman–Crippen MR) is 70.6 cm³/mol. The molecule has 0 fully saturated rings. The van der Waals surface area contributed by atoms with Crippen LogP contribution in [0.2, 0.25) is 0 Å². The second-order valence-corrected chi connectivity index (χ2v) is 4.72. The first-order valence-electron chi connectivity index (χ1n) is 5.77. The SMILES string of the molecule is CC(=O)Oc1ccccc1C(=O)Nc1nsc(C(F)(F)F)n1. The fourth-order valence-corrected chi connectivity index (χ4v) is 1.95. The molecular formula is C12H8F3N3O3S. The zero-order valence-corrected chi connectivity index (χ0v) is 11.8. The van der Waals surface area contributed by atoms with E-state index in [0.717, 1.165) is 6.92 Å². The Morgan fingerprint density at radius 1 is 1.27 bits per heavy atom. The van der Waals surface area contributed by atoms with Crippen molar-refractivity contribution < 1.29 is 27.5 Å². The summed E-state index contributed by atoms with van der Waals surface area (Å²) in [6.45, 7) is 1.16. The number of para-hydroxylation sites is 1. The normalized spacial score (nSPS) is 11.1. The standard InChI is InChI=1S/C12H8F3N3O3S/c1-6(19)21-8-5-3-2-4-7(8)9(20)16-11-17-10(22-18-11)12(13,14)15/h2-5H,1H3,(H,16,18,20). The second-order valence-electron chi connectivity index (χ2n) is 3.96. The summed E-state index contributed by atoms with van der Waals surface area (Å²) < 4.78 is 45.5.